The third-order valence-electron chi connectivity index (χ3n) is 4.94. The van der Waals surface area contributed by atoms with Crippen molar-refractivity contribution in [2.24, 2.45) is 0 Å². The first kappa shape index (κ1) is 20.1. The number of aromatic nitrogens is 1. The van der Waals surface area contributed by atoms with Crippen molar-refractivity contribution in [1.29, 1.82) is 0 Å². The number of halogens is 1. The molecule has 31 heavy (non-hydrogen) atoms. The number of nitro groups is 1. The van der Waals surface area contributed by atoms with Gasteiger partial charge in [-0.1, -0.05) is 24.3 Å². The normalized spacial score (nSPS) is 10.8. The molecule has 156 valence electrons. The van der Waals surface area contributed by atoms with E-state index in [2.05, 4.69) is 5.32 Å². The predicted octanol–water partition coefficient (Wildman–Crippen LogP) is 5.00. The Morgan fingerprint density at radius 3 is 2.65 bits per heavy atom. The SMILES string of the molecule is COc1cccc(NC(=O)c2cc3cc([N+](=O)[O-])ccc3n2Cc2ccccc2F)c1. The minimum atomic E-state index is -0.496. The van der Waals surface area contributed by atoms with Crippen molar-refractivity contribution in [3.05, 3.63) is 100.0 Å². The highest BCUT2D eigenvalue weighted by Gasteiger charge is 2.19. The summed E-state index contributed by atoms with van der Waals surface area (Å²) in [5.74, 6) is -0.241. The molecule has 0 aliphatic heterocycles. The number of fused-ring (bicyclic) bond motifs is 1. The first-order valence-corrected chi connectivity index (χ1v) is 9.43. The lowest BCUT2D eigenvalue weighted by molar-refractivity contribution is -0.384. The molecule has 0 saturated carbocycles. The molecule has 0 saturated heterocycles. The first-order valence-electron chi connectivity index (χ1n) is 9.43. The molecule has 0 aliphatic carbocycles. The van der Waals surface area contributed by atoms with E-state index < -0.39 is 16.6 Å². The fraction of sp³-hybridized carbons (Fsp3) is 0.0870. The Morgan fingerprint density at radius 1 is 1.10 bits per heavy atom. The smallest absolute Gasteiger partial charge is 0.272 e. The van der Waals surface area contributed by atoms with Crippen LogP contribution in [0.15, 0.2) is 72.8 Å². The van der Waals surface area contributed by atoms with E-state index in [9.17, 15) is 19.3 Å². The Balaban J connectivity index is 1.79. The van der Waals surface area contributed by atoms with Gasteiger partial charge < -0.3 is 14.6 Å². The second-order valence-corrected chi connectivity index (χ2v) is 6.89. The molecule has 1 N–H and O–H groups in total. The monoisotopic (exact) mass is 419 g/mol. The maximum atomic E-state index is 14.3. The fourth-order valence-electron chi connectivity index (χ4n) is 3.42. The van der Waals surface area contributed by atoms with Gasteiger partial charge in [-0.05, 0) is 30.3 Å². The first-order chi connectivity index (χ1) is 15.0. The summed E-state index contributed by atoms with van der Waals surface area (Å²) in [6, 6.07) is 19.1. The molecule has 0 fully saturated rings. The lowest BCUT2D eigenvalue weighted by Gasteiger charge is -2.12. The van der Waals surface area contributed by atoms with Crippen LogP contribution < -0.4 is 10.1 Å². The van der Waals surface area contributed by atoms with Gasteiger partial charge in [0, 0.05) is 40.4 Å². The van der Waals surface area contributed by atoms with Gasteiger partial charge >= 0.3 is 0 Å². The van der Waals surface area contributed by atoms with Crippen molar-refractivity contribution in [3.8, 4) is 5.75 Å². The highest BCUT2D eigenvalue weighted by atomic mass is 19.1. The van der Waals surface area contributed by atoms with Crippen molar-refractivity contribution in [3.63, 3.8) is 0 Å². The van der Waals surface area contributed by atoms with Gasteiger partial charge in [0.15, 0.2) is 0 Å². The van der Waals surface area contributed by atoms with E-state index in [1.54, 1.807) is 59.2 Å². The Kier molecular flexibility index (Phi) is 5.36. The van der Waals surface area contributed by atoms with Crippen LogP contribution in [0.5, 0.6) is 5.75 Å². The summed E-state index contributed by atoms with van der Waals surface area (Å²) in [5, 5.41) is 14.5. The van der Waals surface area contributed by atoms with E-state index in [0.717, 1.165) is 0 Å². The van der Waals surface area contributed by atoms with Crippen molar-refractivity contribution < 1.29 is 18.8 Å². The van der Waals surface area contributed by atoms with Gasteiger partial charge in [-0.25, -0.2) is 4.39 Å². The van der Waals surface area contributed by atoms with Crippen LogP contribution in [0.4, 0.5) is 15.8 Å². The maximum absolute atomic E-state index is 14.3. The Hall–Kier alpha value is -4.20. The zero-order chi connectivity index (χ0) is 22.0. The van der Waals surface area contributed by atoms with E-state index in [1.165, 1.54) is 25.3 Å². The summed E-state index contributed by atoms with van der Waals surface area (Å²) in [5.41, 5.74) is 1.67. The number of non-ortho nitro benzene ring substituents is 1. The van der Waals surface area contributed by atoms with Gasteiger partial charge in [-0.15, -0.1) is 0 Å². The number of nitrogens with zero attached hydrogens (tertiary/aromatic N) is 2. The predicted molar refractivity (Wildman–Crippen MR) is 115 cm³/mol. The second kappa shape index (κ2) is 8.27. The molecule has 0 spiro atoms. The summed E-state index contributed by atoms with van der Waals surface area (Å²) in [6.45, 7) is 0.0921. The fourth-order valence-corrected chi connectivity index (χ4v) is 3.42. The summed E-state index contributed by atoms with van der Waals surface area (Å²) < 4.78 is 21.1. The molecule has 4 aromatic rings. The van der Waals surface area contributed by atoms with Crippen LogP contribution in [0.2, 0.25) is 0 Å². The minimum Gasteiger partial charge on any atom is -0.497 e. The zero-order valence-corrected chi connectivity index (χ0v) is 16.5. The lowest BCUT2D eigenvalue weighted by atomic mass is 10.2. The van der Waals surface area contributed by atoms with Gasteiger partial charge in [-0.3, -0.25) is 14.9 Å². The summed E-state index contributed by atoms with van der Waals surface area (Å²) in [6.07, 6.45) is 0. The average molecular weight is 419 g/mol. The van der Waals surface area contributed by atoms with Crippen LogP contribution in [0, 0.1) is 15.9 Å². The van der Waals surface area contributed by atoms with Crippen molar-refractivity contribution in [2.75, 3.05) is 12.4 Å². The summed E-state index contributed by atoms with van der Waals surface area (Å²) in [7, 11) is 1.53. The highest BCUT2D eigenvalue weighted by molar-refractivity contribution is 6.06. The number of ether oxygens (including phenoxy) is 1. The molecule has 0 atom stereocenters. The van der Waals surface area contributed by atoms with E-state index in [4.69, 9.17) is 4.74 Å². The van der Waals surface area contributed by atoms with Gasteiger partial charge in [-0.2, -0.15) is 0 Å². The molecule has 8 heteroatoms. The molecule has 3 aromatic carbocycles. The highest BCUT2D eigenvalue weighted by Crippen LogP contribution is 2.27. The number of nitro benzene ring substituents is 1. The van der Waals surface area contributed by atoms with Crippen LogP contribution in [0.25, 0.3) is 10.9 Å². The van der Waals surface area contributed by atoms with Gasteiger partial charge in [0.1, 0.15) is 17.3 Å². The standard InChI is InChI=1S/C23H18FN3O4/c1-31-19-7-4-6-17(13-19)25-23(28)22-12-16-11-18(27(29)30)9-10-21(16)26(22)14-15-5-2-3-8-20(15)24/h2-13H,14H2,1H3,(H,25,28). The Morgan fingerprint density at radius 2 is 1.90 bits per heavy atom. The second-order valence-electron chi connectivity index (χ2n) is 6.89. The number of amides is 1. The molecule has 1 heterocycles. The summed E-state index contributed by atoms with van der Waals surface area (Å²) >= 11 is 0. The van der Waals surface area contributed by atoms with Crippen molar-refractivity contribution in [1.82, 2.24) is 4.57 Å². The van der Waals surface area contributed by atoms with Crippen LogP contribution >= 0.6 is 0 Å². The number of carbonyl (C=O) groups is 1. The topological polar surface area (TPSA) is 86.4 Å². The Labute approximate surface area is 176 Å². The number of hydrogen-bond donors (Lipinski definition) is 1. The molecular weight excluding hydrogens is 401 g/mol. The Bertz CT molecular complexity index is 1300. The van der Waals surface area contributed by atoms with E-state index in [0.29, 0.717) is 27.9 Å². The molecule has 1 aromatic heterocycles. The number of anilines is 1. The molecule has 0 aliphatic rings. The van der Waals surface area contributed by atoms with Crippen molar-refractivity contribution in [2.45, 2.75) is 6.54 Å². The van der Waals surface area contributed by atoms with Gasteiger partial charge in [0.25, 0.3) is 11.6 Å². The average Bonchev–Trinajstić information content (AvgIpc) is 3.13. The third-order valence-corrected chi connectivity index (χ3v) is 4.94. The molecule has 7 nitrogen and oxygen atoms in total. The zero-order valence-electron chi connectivity index (χ0n) is 16.5. The van der Waals surface area contributed by atoms with Gasteiger partial charge in [0.05, 0.1) is 18.6 Å². The molecule has 0 bridgehead atoms. The van der Waals surface area contributed by atoms with Crippen LogP contribution in [-0.2, 0) is 6.54 Å². The maximum Gasteiger partial charge on any atom is 0.272 e. The number of hydrogen-bond acceptors (Lipinski definition) is 4. The number of methoxy groups -OCH3 is 1. The van der Waals surface area contributed by atoms with Crippen LogP contribution in [-0.4, -0.2) is 22.5 Å². The van der Waals surface area contributed by atoms with Crippen molar-refractivity contribution >= 4 is 28.2 Å². The number of nitrogens with one attached hydrogen (secondary N) is 1. The molecule has 4 rings (SSSR count). The van der Waals surface area contributed by atoms with E-state index in [1.807, 2.05) is 0 Å². The lowest BCUT2D eigenvalue weighted by Crippen LogP contribution is -2.17. The molecule has 0 unspecified atom stereocenters. The largest absolute Gasteiger partial charge is 0.497 e. The van der Waals surface area contributed by atoms with Crippen LogP contribution in [0.3, 0.4) is 0 Å². The van der Waals surface area contributed by atoms with E-state index in [-0.39, 0.29) is 17.9 Å². The third kappa shape index (κ3) is 4.09. The molecular formula is C23H18FN3O4. The summed E-state index contributed by atoms with van der Waals surface area (Å²) in [4.78, 5) is 23.8. The van der Waals surface area contributed by atoms with E-state index >= 15 is 0 Å². The number of rotatable bonds is 6. The number of benzene rings is 3. The van der Waals surface area contributed by atoms with Crippen LogP contribution in [0.1, 0.15) is 16.1 Å². The number of carbonyl (C=O) groups excluding carboxylic acids is 1. The quantitative estimate of drug-likeness (QED) is 0.352. The molecule has 0 radical (unpaired) electrons. The minimum absolute atomic E-state index is 0.0877. The molecule has 1 amide bonds. The van der Waals surface area contributed by atoms with Gasteiger partial charge in [0.2, 0.25) is 0 Å².